The first kappa shape index (κ1) is 23.2. The minimum atomic E-state index is -0.660. The number of nitrogens with two attached hydrogens (primary N) is 2. The summed E-state index contributed by atoms with van der Waals surface area (Å²) >= 11 is 0. The molecule has 30 heavy (non-hydrogen) atoms. The second kappa shape index (κ2) is 11.8. The van der Waals surface area contributed by atoms with Gasteiger partial charge in [0.05, 0.1) is 12.1 Å². The predicted octanol–water partition coefficient (Wildman–Crippen LogP) is 0.550. The zero-order valence-corrected chi connectivity index (χ0v) is 16.9. The van der Waals surface area contributed by atoms with Gasteiger partial charge in [0, 0.05) is 13.1 Å². The van der Waals surface area contributed by atoms with Gasteiger partial charge in [0.2, 0.25) is 11.8 Å². The molecule has 0 unspecified atom stereocenters. The molecular weight excluding hydrogens is 384 g/mol. The normalized spacial score (nSPS) is 12.7. The smallest absolute Gasteiger partial charge is 0.237 e. The number of benzene rings is 2. The molecule has 0 spiro atoms. The number of hydrogen-bond acceptors (Lipinski definition) is 6. The fourth-order valence-electron chi connectivity index (χ4n) is 2.89. The Hall–Kier alpha value is -3.10. The van der Waals surface area contributed by atoms with Gasteiger partial charge in [-0.25, -0.2) is 0 Å². The standard InChI is InChI=1S/C22H30N4O4/c23-19(13-15-3-7-17(27)8-4-15)21(29)25-11-1-2-12-26-22(30)20(24)14-16-5-9-18(28)10-6-16/h3-10,19-20,27-28H,1-2,11-14,23-24H2,(H,25,29)(H,26,30)/t19-,20-/m0/s1. The molecule has 0 radical (unpaired) electrons. The van der Waals surface area contributed by atoms with Gasteiger partial charge in [-0.2, -0.15) is 0 Å². The van der Waals surface area contributed by atoms with Gasteiger partial charge in [0.15, 0.2) is 0 Å². The molecule has 162 valence electrons. The SMILES string of the molecule is N[C@@H](Cc1ccc(O)cc1)C(=O)NCCCCNC(=O)[C@@H](N)Cc1ccc(O)cc1. The Morgan fingerprint density at radius 2 is 1.03 bits per heavy atom. The average molecular weight is 415 g/mol. The van der Waals surface area contributed by atoms with E-state index < -0.39 is 12.1 Å². The molecule has 2 aromatic rings. The quantitative estimate of drug-likeness (QED) is 0.296. The number of nitrogens with one attached hydrogen (secondary N) is 2. The molecule has 2 amide bonds. The van der Waals surface area contributed by atoms with Crippen molar-refractivity contribution in [3.8, 4) is 11.5 Å². The molecule has 2 rings (SSSR count). The van der Waals surface area contributed by atoms with Crippen molar-refractivity contribution in [1.29, 1.82) is 0 Å². The van der Waals surface area contributed by atoms with Crippen molar-refractivity contribution in [2.75, 3.05) is 13.1 Å². The molecule has 2 atom stereocenters. The maximum absolute atomic E-state index is 12.1. The van der Waals surface area contributed by atoms with E-state index in [1.165, 1.54) is 0 Å². The second-order valence-electron chi connectivity index (χ2n) is 7.24. The van der Waals surface area contributed by atoms with Crippen LogP contribution < -0.4 is 22.1 Å². The maximum Gasteiger partial charge on any atom is 0.237 e. The molecule has 0 fully saturated rings. The van der Waals surface area contributed by atoms with Crippen LogP contribution in [0.4, 0.5) is 0 Å². The zero-order valence-electron chi connectivity index (χ0n) is 16.9. The number of rotatable bonds is 11. The molecule has 0 bridgehead atoms. The number of unbranched alkanes of at least 4 members (excludes halogenated alkanes) is 1. The summed E-state index contributed by atoms with van der Waals surface area (Å²) in [5.41, 5.74) is 13.6. The molecule has 0 saturated heterocycles. The third kappa shape index (κ3) is 8.10. The van der Waals surface area contributed by atoms with Crippen LogP contribution in [0.1, 0.15) is 24.0 Å². The molecule has 8 nitrogen and oxygen atoms in total. The number of carbonyl (C=O) groups excluding carboxylic acids is 2. The zero-order chi connectivity index (χ0) is 21.9. The fraction of sp³-hybridized carbons (Fsp3) is 0.364. The molecule has 0 aliphatic rings. The lowest BCUT2D eigenvalue weighted by Gasteiger charge is -2.14. The summed E-state index contributed by atoms with van der Waals surface area (Å²) in [6.45, 7) is 0.940. The van der Waals surface area contributed by atoms with Gasteiger partial charge in [-0.05, 0) is 61.1 Å². The highest BCUT2D eigenvalue weighted by Crippen LogP contribution is 2.11. The second-order valence-corrected chi connectivity index (χ2v) is 7.24. The molecular formula is C22H30N4O4. The maximum atomic E-state index is 12.1. The highest BCUT2D eigenvalue weighted by atomic mass is 16.3. The van der Waals surface area contributed by atoms with Gasteiger partial charge in [0.1, 0.15) is 11.5 Å². The van der Waals surface area contributed by atoms with Crippen molar-refractivity contribution < 1.29 is 19.8 Å². The lowest BCUT2D eigenvalue weighted by atomic mass is 10.1. The molecule has 8 heteroatoms. The fourth-order valence-corrected chi connectivity index (χ4v) is 2.89. The van der Waals surface area contributed by atoms with Crippen LogP contribution in [0.3, 0.4) is 0 Å². The highest BCUT2D eigenvalue weighted by Gasteiger charge is 2.15. The van der Waals surface area contributed by atoms with Crippen LogP contribution in [0.5, 0.6) is 11.5 Å². The van der Waals surface area contributed by atoms with E-state index in [1.807, 2.05) is 0 Å². The Morgan fingerprint density at radius 1 is 0.700 bits per heavy atom. The van der Waals surface area contributed by atoms with Crippen LogP contribution in [0.15, 0.2) is 48.5 Å². The minimum absolute atomic E-state index is 0.171. The van der Waals surface area contributed by atoms with Crippen LogP contribution in [-0.2, 0) is 22.4 Å². The van der Waals surface area contributed by atoms with Crippen molar-refractivity contribution in [3.05, 3.63) is 59.7 Å². The van der Waals surface area contributed by atoms with Crippen LogP contribution in [0, 0.1) is 0 Å². The van der Waals surface area contributed by atoms with Gasteiger partial charge in [-0.3, -0.25) is 9.59 Å². The van der Waals surface area contributed by atoms with Gasteiger partial charge >= 0.3 is 0 Å². The summed E-state index contributed by atoms with van der Waals surface area (Å²) in [6.07, 6.45) is 2.18. The number of hydrogen-bond donors (Lipinski definition) is 6. The first-order valence-corrected chi connectivity index (χ1v) is 9.97. The van der Waals surface area contributed by atoms with E-state index >= 15 is 0 Å². The van der Waals surface area contributed by atoms with Crippen molar-refractivity contribution in [1.82, 2.24) is 10.6 Å². The van der Waals surface area contributed by atoms with Crippen molar-refractivity contribution >= 4 is 11.8 Å². The number of phenols is 2. The lowest BCUT2D eigenvalue weighted by Crippen LogP contribution is -2.43. The number of carbonyl (C=O) groups is 2. The van der Waals surface area contributed by atoms with Crippen LogP contribution >= 0.6 is 0 Å². The van der Waals surface area contributed by atoms with E-state index in [-0.39, 0.29) is 23.3 Å². The Balaban J connectivity index is 1.57. The van der Waals surface area contributed by atoms with Crippen LogP contribution in [0.2, 0.25) is 0 Å². The van der Waals surface area contributed by atoms with E-state index in [0.29, 0.717) is 38.8 Å². The van der Waals surface area contributed by atoms with Crippen molar-refractivity contribution in [3.63, 3.8) is 0 Å². The summed E-state index contributed by atoms with van der Waals surface area (Å²) < 4.78 is 0. The minimum Gasteiger partial charge on any atom is -0.508 e. The summed E-state index contributed by atoms with van der Waals surface area (Å²) in [7, 11) is 0. The lowest BCUT2D eigenvalue weighted by molar-refractivity contribution is -0.123. The van der Waals surface area contributed by atoms with Gasteiger partial charge in [-0.15, -0.1) is 0 Å². The van der Waals surface area contributed by atoms with E-state index in [9.17, 15) is 19.8 Å². The monoisotopic (exact) mass is 414 g/mol. The molecule has 0 aliphatic carbocycles. The Morgan fingerprint density at radius 3 is 1.37 bits per heavy atom. The molecule has 2 aromatic carbocycles. The first-order valence-electron chi connectivity index (χ1n) is 9.97. The van der Waals surface area contributed by atoms with Crippen LogP contribution in [0.25, 0.3) is 0 Å². The van der Waals surface area contributed by atoms with Gasteiger partial charge in [-0.1, -0.05) is 24.3 Å². The molecule has 8 N–H and O–H groups in total. The molecule has 0 heterocycles. The molecule has 0 aromatic heterocycles. The highest BCUT2D eigenvalue weighted by molar-refractivity contribution is 5.82. The first-order chi connectivity index (χ1) is 14.3. The van der Waals surface area contributed by atoms with Crippen molar-refractivity contribution in [2.24, 2.45) is 11.5 Å². The molecule has 0 aliphatic heterocycles. The molecule has 0 saturated carbocycles. The van der Waals surface area contributed by atoms with Crippen molar-refractivity contribution in [2.45, 2.75) is 37.8 Å². The van der Waals surface area contributed by atoms with Gasteiger partial charge in [0.25, 0.3) is 0 Å². The predicted molar refractivity (Wildman–Crippen MR) is 115 cm³/mol. The third-order valence-electron chi connectivity index (χ3n) is 4.66. The number of amides is 2. The summed E-state index contributed by atoms with van der Waals surface area (Å²) in [4.78, 5) is 24.1. The van der Waals surface area contributed by atoms with E-state index in [1.54, 1.807) is 48.5 Å². The number of phenolic OH excluding ortho intramolecular Hbond substituents is 2. The summed E-state index contributed by atoms with van der Waals surface area (Å²) in [5, 5.41) is 24.1. The summed E-state index contributed by atoms with van der Waals surface area (Å²) in [5.74, 6) is -0.124. The van der Waals surface area contributed by atoms with Crippen LogP contribution in [-0.4, -0.2) is 47.2 Å². The Kier molecular flexibility index (Phi) is 9.11. The Bertz CT molecular complexity index is 739. The summed E-state index contributed by atoms with van der Waals surface area (Å²) in [6, 6.07) is 11.9. The average Bonchev–Trinajstić information content (AvgIpc) is 2.73. The topological polar surface area (TPSA) is 151 Å². The Labute approximate surface area is 176 Å². The number of aromatic hydroxyl groups is 2. The third-order valence-corrected chi connectivity index (χ3v) is 4.66. The van der Waals surface area contributed by atoms with Gasteiger partial charge < -0.3 is 32.3 Å². The van der Waals surface area contributed by atoms with E-state index in [2.05, 4.69) is 10.6 Å². The van der Waals surface area contributed by atoms with E-state index in [4.69, 9.17) is 11.5 Å². The largest absolute Gasteiger partial charge is 0.508 e. The van der Waals surface area contributed by atoms with E-state index in [0.717, 1.165) is 11.1 Å².